The second-order valence-electron chi connectivity index (χ2n) is 9.05. The van der Waals surface area contributed by atoms with Crippen molar-refractivity contribution in [1.29, 1.82) is 0 Å². The fourth-order valence-electron chi connectivity index (χ4n) is 5.81. The highest BCUT2D eigenvalue weighted by atomic mass is 32.1. The van der Waals surface area contributed by atoms with Gasteiger partial charge in [-0.05, 0) is 46.4 Å². The van der Waals surface area contributed by atoms with Gasteiger partial charge in [0.25, 0.3) is 0 Å². The third-order valence-corrected chi connectivity index (χ3v) is 8.60. The van der Waals surface area contributed by atoms with Crippen LogP contribution < -0.4 is 0 Å². The predicted molar refractivity (Wildman–Crippen MR) is 142 cm³/mol. The summed E-state index contributed by atoms with van der Waals surface area (Å²) in [7, 11) is 0. The molecule has 0 saturated carbocycles. The van der Waals surface area contributed by atoms with Crippen molar-refractivity contribution in [2.45, 2.75) is 12.3 Å². The highest BCUT2D eigenvalue weighted by molar-refractivity contribution is 7.26. The van der Waals surface area contributed by atoms with Crippen LogP contribution in [0.3, 0.4) is 0 Å². The van der Waals surface area contributed by atoms with Gasteiger partial charge in [-0.3, -0.25) is 0 Å². The van der Waals surface area contributed by atoms with Crippen LogP contribution in [0.1, 0.15) is 23.6 Å². The van der Waals surface area contributed by atoms with E-state index in [-0.39, 0.29) is 5.41 Å². The van der Waals surface area contributed by atoms with Crippen molar-refractivity contribution in [3.63, 3.8) is 0 Å². The number of thiophene rings is 1. The molecular formula is C32H22S. The lowest BCUT2D eigenvalue weighted by Gasteiger charge is -2.28. The van der Waals surface area contributed by atoms with Gasteiger partial charge in [0.2, 0.25) is 0 Å². The average molecular weight is 439 g/mol. The molecule has 0 saturated heterocycles. The molecule has 0 aliphatic heterocycles. The topological polar surface area (TPSA) is 0 Å². The van der Waals surface area contributed by atoms with Crippen LogP contribution in [-0.4, -0.2) is 0 Å². The van der Waals surface area contributed by atoms with Gasteiger partial charge in [-0.1, -0.05) is 109 Å². The van der Waals surface area contributed by atoms with Crippen LogP contribution in [-0.2, 0) is 5.41 Å². The Morgan fingerprint density at radius 2 is 1.15 bits per heavy atom. The van der Waals surface area contributed by atoms with Crippen LogP contribution in [0.25, 0.3) is 42.4 Å². The first-order valence-electron chi connectivity index (χ1n) is 11.5. The minimum atomic E-state index is -0.169. The molecule has 0 amide bonds. The van der Waals surface area contributed by atoms with Crippen LogP contribution in [0.5, 0.6) is 0 Å². The molecule has 0 fully saturated rings. The van der Waals surface area contributed by atoms with Crippen LogP contribution in [0.15, 0.2) is 115 Å². The van der Waals surface area contributed by atoms with Crippen LogP contribution in [0, 0.1) is 0 Å². The first-order valence-corrected chi connectivity index (χ1v) is 12.3. The summed E-state index contributed by atoms with van der Waals surface area (Å²) in [5.74, 6) is 0. The molecule has 1 atom stereocenters. The quantitative estimate of drug-likeness (QED) is 0.253. The maximum Gasteiger partial charge on any atom is 0.0435 e. The van der Waals surface area contributed by atoms with Gasteiger partial charge in [0.1, 0.15) is 0 Å². The summed E-state index contributed by atoms with van der Waals surface area (Å²) < 4.78 is 2.72. The second kappa shape index (κ2) is 6.91. The molecule has 7 rings (SSSR count). The van der Waals surface area contributed by atoms with E-state index in [9.17, 15) is 0 Å². The zero-order valence-electron chi connectivity index (χ0n) is 18.4. The zero-order valence-corrected chi connectivity index (χ0v) is 19.2. The van der Waals surface area contributed by atoms with Gasteiger partial charge in [0.15, 0.2) is 0 Å². The number of hydrogen-bond donors (Lipinski definition) is 0. The van der Waals surface area contributed by atoms with E-state index in [0.717, 1.165) is 0 Å². The summed E-state index contributed by atoms with van der Waals surface area (Å²) in [6.45, 7) is 2.39. The largest absolute Gasteiger partial charge is 0.135 e. The highest BCUT2D eigenvalue weighted by Crippen LogP contribution is 2.55. The molecule has 1 heteroatoms. The van der Waals surface area contributed by atoms with E-state index in [1.54, 1.807) is 0 Å². The minimum absolute atomic E-state index is 0.169. The van der Waals surface area contributed by atoms with E-state index in [1.807, 2.05) is 11.3 Å². The minimum Gasteiger partial charge on any atom is -0.135 e. The van der Waals surface area contributed by atoms with E-state index in [4.69, 9.17) is 0 Å². The Morgan fingerprint density at radius 1 is 0.515 bits per heavy atom. The van der Waals surface area contributed by atoms with E-state index in [0.29, 0.717) is 0 Å². The van der Waals surface area contributed by atoms with Crippen molar-refractivity contribution in [3.05, 3.63) is 132 Å². The summed E-state index contributed by atoms with van der Waals surface area (Å²) in [5.41, 5.74) is 9.35. The number of benzene rings is 5. The molecule has 6 aromatic rings. The molecule has 156 valence electrons. The normalized spacial score (nSPS) is 16.8. The van der Waals surface area contributed by atoms with E-state index < -0.39 is 0 Å². The molecule has 0 nitrogen and oxygen atoms in total. The molecular weight excluding hydrogens is 416 g/mol. The van der Waals surface area contributed by atoms with Gasteiger partial charge in [0.05, 0.1) is 0 Å². The van der Waals surface area contributed by atoms with E-state index >= 15 is 0 Å². The average Bonchev–Trinajstić information content (AvgIpc) is 3.39. The third kappa shape index (κ3) is 2.52. The Bertz CT molecular complexity index is 1670. The van der Waals surface area contributed by atoms with E-state index in [2.05, 4.69) is 122 Å². The lowest BCUT2D eigenvalue weighted by atomic mass is 9.74. The fraction of sp³-hybridized carbons (Fsp3) is 0.0625. The molecule has 1 unspecified atom stereocenters. The number of rotatable bonds is 2. The van der Waals surface area contributed by atoms with Gasteiger partial charge >= 0.3 is 0 Å². The lowest BCUT2D eigenvalue weighted by molar-refractivity contribution is 0.714. The van der Waals surface area contributed by atoms with Crippen molar-refractivity contribution in [2.24, 2.45) is 0 Å². The molecule has 1 aliphatic carbocycles. The number of fused-ring (bicyclic) bond motifs is 6. The van der Waals surface area contributed by atoms with E-state index in [1.165, 1.54) is 59.1 Å². The number of hydrogen-bond acceptors (Lipinski definition) is 1. The highest BCUT2D eigenvalue weighted by Gasteiger charge is 2.41. The molecule has 1 heterocycles. The maximum atomic E-state index is 2.39. The summed E-state index contributed by atoms with van der Waals surface area (Å²) in [4.78, 5) is 0. The Labute approximate surface area is 197 Å². The van der Waals surface area contributed by atoms with Crippen molar-refractivity contribution in [3.8, 4) is 22.3 Å². The Balaban J connectivity index is 1.58. The summed E-state index contributed by atoms with van der Waals surface area (Å²) in [5, 5.41) is 2.70. The molecule has 0 spiro atoms. The molecule has 5 aromatic carbocycles. The molecule has 0 N–H and O–H groups in total. The molecule has 1 aliphatic rings. The van der Waals surface area contributed by atoms with Crippen LogP contribution in [0.2, 0.25) is 0 Å². The van der Waals surface area contributed by atoms with Crippen molar-refractivity contribution < 1.29 is 0 Å². The fourth-order valence-corrected chi connectivity index (χ4v) is 7.04. The molecule has 0 bridgehead atoms. The first kappa shape index (κ1) is 18.8. The van der Waals surface area contributed by atoms with Gasteiger partial charge in [-0.15, -0.1) is 11.3 Å². The van der Waals surface area contributed by atoms with Crippen molar-refractivity contribution in [1.82, 2.24) is 0 Å². The SMILES string of the molecule is CC1(c2ccccc2)c2ccccc2-c2c(-c3cccc4c3sc3ccccc34)cccc21. The van der Waals surface area contributed by atoms with Crippen molar-refractivity contribution >= 4 is 31.5 Å². The van der Waals surface area contributed by atoms with Gasteiger partial charge in [-0.25, -0.2) is 0 Å². The predicted octanol–water partition coefficient (Wildman–Crippen LogP) is 9.06. The third-order valence-electron chi connectivity index (χ3n) is 7.38. The summed E-state index contributed by atoms with van der Waals surface area (Å²) >= 11 is 1.91. The smallest absolute Gasteiger partial charge is 0.0435 e. The standard InChI is InChI=1S/C32H22S/c1-32(21-11-3-2-4-12-21)27-18-7-5-14-26(27)30-23(15-10-19-28(30)32)25-17-9-16-24-22-13-6-8-20-29(22)33-31(24)25/h2-20H,1H3. The molecule has 1 aromatic heterocycles. The first-order chi connectivity index (χ1) is 16.3. The summed E-state index contributed by atoms with van der Waals surface area (Å²) in [6.07, 6.45) is 0. The lowest BCUT2D eigenvalue weighted by Crippen LogP contribution is -2.22. The van der Waals surface area contributed by atoms with Gasteiger partial charge in [-0.2, -0.15) is 0 Å². The van der Waals surface area contributed by atoms with Crippen LogP contribution >= 0.6 is 11.3 Å². The molecule has 0 radical (unpaired) electrons. The Kier molecular flexibility index (Phi) is 3.95. The summed E-state index contributed by atoms with van der Waals surface area (Å²) in [6, 6.07) is 42.4. The Morgan fingerprint density at radius 3 is 2.06 bits per heavy atom. The zero-order chi connectivity index (χ0) is 22.0. The molecule has 33 heavy (non-hydrogen) atoms. The Hall–Kier alpha value is -3.68. The maximum absolute atomic E-state index is 2.39. The second-order valence-corrected chi connectivity index (χ2v) is 10.1. The monoisotopic (exact) mass is 438 g/mol. The van der Waals surface area contributed by atoms with Crippen molar-refractivity contribution in [2.75, 3.05) is 0 Å². The van der Waals surface area contributed by atoms with Gasteiger partial charge < -0.3 is 0 Å². The van der Waals surface area contributed by atoms with Crippen LogP contribution in [0.4, 0.5) is 0 Å². The van der Waals surface area contributed by atoms with Gasteiger partial charge in [0, 0.05) is 31.2 Å².